The quantitative estimate of drug-likeness (QED) is 0.356. The molecule has 1 heterocycles. The molecule has 0 bridgehead atoms. The molecule has 1 aromatic heterocycles. The molecule has 0 radical (unpaired) electrons. The molecule has 0 spiro atoms. The van der Waals surface area contributed by atoms with Crippen molar-refractivity contribution in [2.45, 2.75) is 76.7 Å². The van der Waals surface area contributed by atoms with Gasteiger partial charge in [-0.1, -0.05) is 61.7 Å². The van der Waals surface area contributed by atoms with Crippen molar-refractivity contribution in [1.82, 2.24) is 9.66 Å². The molecule has 0 atom stereocenters. The lowest BCUT2D eigenvalue weighted by Gasteiger charge is -2.37. The zero-order valence-corrected chi connectivity index (χ0v) is 20.8. The Kier molecular flexibility index (Phi) is 7.12. The number of carbonyl (C=O) groups excluding carboxylic acids is 1. The SMILES string of the molecule is O=C(CC1CCCCC1)N(C1CCCCC1)n1c(-c2ccc(Cl)cc2)nc2cc(F)c(Cl)cc21. The Balaban J connectivity index is 1.65. The normalized spacial score (nSPS) is 17.9. The lowest BCUT2D eigenvalue weighted by atomic mass is 9.86. The van der Waals surface area contributed by atoms with E-state index in [2.05, 4.69) is 0 Å². The fourth-order valence-electron chi connectivity index (χ4n) is 5.60. The van der Waals surface area contributed by atoms with Gasteiger partial charge in [0.25, 0.3) is 0 Å². The summed E-state index contributed by atoms with van der Waals surface area (Å²) in [6, 6.07) is 10.4. The Bertz CT molecular complexity index is 1160. The van der Waals surface area contributed by atoms with Crippen LogP contribution in [0.5, 0.6) is 0 Å². The molecular weight excluding hydrogens is 472 g/mol. The molecule has 5 rings (SSSR count). The van der Waals surface area contributed by atoms with Gasteiger partial charge in [-0.25, -0.2) is 19.1 Å². The average molecular weight is 502 g/mol. The highest BCUT2D eigenvalue weighted by atomic mass is 35.5. The fourth-order valence-corrected chi connectivity index (χ4v) is 5.88. The van der Waals surface area contributed by atoms with Crippen LogP contribution in [0.3, 0.4) is 0 Å². The molecule has 0 N–H and O–H groups in total. The lowest BCUT2D eigenvalue weighted by Crippen LogP contribution is -2.49. The number of carbonyl (C=O) groups is 1. The molecule has 7 heteroatoms. The second-order valence-electron chi connectivity index (χ2n) is 9.75. The van der Waals surface area contributed by atoms with Gasteiger partial charge in [0.2, 0.25) is 5.91 Å². The number of fused-ring (bicyclic) bond motifs is 1. The van der Waals surface area contributed by atoms with E-state index in [0.29, 0.717) is 34.2 Å². The van der Waals surface area contributed by atoms with Crippen LogP contribution in [-0.4, -0.2) is 21.6 Å². The third-order valence-electron chi connectivity index (χ3n) is 7.35. The third-order valence-corrected chi connectivity index (χ3v) is 7.90. The van der Waals surface area contributed by atoms with Crippen LogP contribution < -0.4 is 5.01 Å². The summed E-state index contributed by atoms with van der Waals surface area (Å²) in [7, 11) is 0. The molecule has 2 fully saturated rings. The summed E-state index contributed by atoms with van der Waals surface area (Å²) in [6.07, 6.45) is 11.7. The molecule has 0 unspecified atom stereocenters. The van der Waals surface area contributed by atoms with Crippen LogP contribution in [0.25, 0.3) is 22.4 Å². The number of hydrogen-bond donors (Lipinski definition) is 0. The van der Waals surface area contributed by atoms with Gasteiger partial charge in [-0.05, 0) is 61.9 Å². The second-order valence-corrected chi connectivity index (χ2v) is 10.6. The van der Waals surface area contributed by atoms with E-state index in [9.17, 15) is 9.18 Å². The lowest BCUT2D eigenvalue weighted by molar-refractivity contribution is -0.122. The first-order valence-electron chi connectivity index (χ1n) is 12.5. The van der Waals surface area contributed by atoms with E-state index in [1.807, 2.05) is 34.0 Å². The largest absolute Gasteiger partial charge is 0.273 e. The second kappa shape index (κ2) is 10.2. The highest BCUT2D eigenvalue weighted by Crippen LogP contribution is 2.34. The average Bonchev–Trinajstić information content (AvgIpc) is 3.19. The monoisotopic (exact) mass is 501 g/mol. The number of halogens is 3. The Morgan fingerprint density at radius 2 is 1.62 bits per heavy atom. The Morgan fingerprint density at radius 3 is 2.29 bits per heavy atom. The van der Waals surface area contributed by atoms with E-state index in [-0.39, 0.29) is 17.0 Å². The van der Waals surface area contributed by atoms with Crippen LogP contribution in [0.4, 0.5) is 4.39 Å². The topological polar surface area (TPSA) is 38.1 Å². The predicted octanol–water partition coefficient (Wildman–Crippen LogP) is 7.92. The molecule has 2 aliphatic carbocycles. The van der Waals surface area contributed by atoms with Gasteiger partial charge in [0.15, 0.2) is 5.82 Å². The van der Waals surface area contributed by atoms with Crippen LogP contribution >= 0.6 is 23.2 Å². The van der Waals surface area contributed by atoms with E-state index in [1.54, 1.807) is 6.07 Å². The molecular formula is C27H30Cl2FN3O. The number of amides is 1. The number of nitrogens with zero attached hydrogens (tertiary/aromatic N) is 3. The first-order valence-corrected chi connectivity index (χ1v) is 13.2. The molecule has 180 valence electrons. The fraction of sp³-hybridized carbons (Fsp3) is 0.481. The summed E-state index contributed by atoms with van der Waals surface area (Å²) in [5.74, 6) is 0.631. The van der Waals surface area contributed by atoms with Gasteiger partial charge in [-0.2, -0.15) is 0 Å². The molecule has 2 aliphatic rings. The Morgan fingerprint density at radius 1 is 0.971 bits per heavy atom. The van der Waals surface area contributed by atoms with E-state index in [4.69, 9.17) is 28.2 Å². The summed E-state index contributed by atoms with van der Waals surface area (Å²) >= 11 is 12.4. The maximum absolute atomic E-state index is 14.4. The zero-order chi connectivity index (χ0) is 23.7. The zero-order valence-electron chi connectivity index (χ0n) is 19.3. The van der Waals surface area contributed by atoms with Crippen molar-refractivity contribution >= 4 is 40.1 Å². The summed E-state index contributed by atoms with van der Waals surface area (Å²) in [4.78, 5) is 18.8. The van der Waals surface area contributed by atoms with Crippen LogP contribution in [-0.2, 0) is 4.79 Å². The standard InChI is InChI=1S/C27H30Cl2FN3O/c28-20-13-11-19(12-14-20)27-31-24-17-23(30)22(29)16-25(24)33(27)32(21-9-5-2-6-10-21)26(34)15-18-7-3-1-4-8-18/h11-14,16-18,21H,1-10,15H2. The minimum atomic E-state index is -0.515. The van der Waals surface area contributed by atoms with Crippen molar-refractivity contribution in [2.75, 3.05) is 5.01 Å². The molecule has 0 saturated heterocycles. The summed E-state index contributed by atoms with van der Waals surface area (Å²) in [6.45, 7) is 0. The van der Waals surface area contributed by atoms with Crippen molar-refractivity contribution < 1.29 is 9.18 Å². The van der Waals surface area contributed by atoms with Gasteiger partial charge < -0.3 is 0 Å². The van der Waals surface area contributed by atoms with Crippen LogP contribution in [0.1, 0.15) is 70.6 Å². The maximum atomic E-state index is 14.4. The molecule has 3 aromatic rings. The van der Waals surface area contributed by atoms with E-state index in [0.717, 1.165) is 44.1 Å². The molecule has 0 aliphatic heterocycles. The van der Waals surface area contributed by atoms with E-state index in [1.165, 1.54) is 31.7 Å². The Hall–Kier alpha value is -2.11. The van der Waals surface area contributed by atoms with Gasteiger partial charge in [-0.15, -0.1) is 0 Å². The van der Waals surface area contributed by atoms with Gasteiger partial charge in [0, 0.05) is 23.1 Å². The van der Waals surface area contributed by atoms with Gasteiger partial charge in [0.1, 0.15) is 5.82 Å². The highest BCUT2D eigenvalue weighted by molar-refractivity contribution is 6.31. The molecule has 34 heavy (non-hydrogen) atoms. The van der Waals surface area contributed by atoms with Gasteiger partial charge in [-0.3, -0.25) is 4.79 Å². The smallest absolute Gasteiger partial charge is 0.241 e. The summed E-state index contributed by atoms with van der Waals surface area (Å²) in [5, 5.41) is 2.58. The van der Waals surface area contributed by atoms with E-state index >= 15 is 0 Å². The molecule has 1 amide bonds. The third kappa shape index (κ3) is 4.83. The van der Waals surface area contributed by atoms with E-state index < -0.39 is 5.82 Å². The minimum Gasteiger partial charge on any atom is -0.273 e. The van der Waals surface area contributed by atoms with Gasteiger partial charge in [0.05, 0.1) is 22.1 Å². The van der Waals surface area contributed by atoms with Crippen molar-refractivity contribution in [3.05, 3.63) is 52.3 Å². The Labute approximate surface area is 210 Å². The van der Waals surface area contributed by atoms with Crippen LogP contribution in [0.2, 0.25) is 10.0 Å². The first kappa shape index (κ1) is 23.6. The minimum absolute atomic E-state index is 0.0274. The number of rotatable bonds is 5. The summed E-state index contributed by atoms with van der Waals surface area (Å²) < 4.78 is 16.3. The van der Waals surface area contributed by atoms with Crippen molar-refractivity contribution in [3.63, 3.8) is 0 Å². The first-order chi connectivity index (χ1) is 16.5. The summed E-state index contributed by atoms with van der Waals surface area (Å²) in [5.41, 5.74) is 1.96. The van der Waals surface area contributed by atoms with Crippen molar-refractivity contribution in [1.29, 1.82) is 0 Å². The van der Waals surface area contributed by atoms with Gasteiger partial charge >= 0.3 is 0 Å². The van der Waals surface area contributed by atoms with Crippen LogP contribution in [0, 0.1) is 11.7 Å². The molecule has 4 nitrogen and oxygen atoms in total. The maximum Gasteiger partial charge on any atom is 0.241 e. The van der Waals surface area contributed by atoms with Crippen molar-refractivity contribution in [2.24, 2.45) is 5.92 Å². The highest BCUT2D eigenvalue weighted by Gasteiger charge is 2.32. The number of imidazole rings is 1. The van der Waals surface area contributed by atoms with Crippen LogP contribution in [0.15, 0.2) is 36.4 Å². The predicted molar refractivity (Wildman–Crippen MR) is 136 cm³/mol. The number of benzene rings is 2. The number of hydrogen-bond acceptors (Lipinski definition) is 2. The van der Waals surface area contributed by atoms with Crippen molar-refractivity contribution in [3.8, 4) is 11.4 Å². The molecule has 2 saturated carbocycles. The number of aromatic nitrogens is 2. The molecule has 2 aromatic carbocycles.